The van der Waals surface area contributed by atoms with Gasteiger partial charge in [0.25, 0.3) is 11.8 Å². The molecule has 1 saturated heterocycles. The Morgan fingerprint density at radius 1 is 1.06 bits per heavy atom. The number of fused-ring (bicyclic) bond motifs is 1. The minimum Gasteiger partial charge on any atom is -0.365 e. The Morgan fingerprint density at radius 3 is 2.61 bits per heavy atom. The van der Waals surface area contributed by atoms with Gasteiger partial charge in [0.2, 0.25) is 0 Å². The highest BCUT2D eigenvalue weighted by Crippen LogP contribution is 2.42. The number of hydrogen-bond acceptors (Lipinski definition) is 4. The van der Waals surface area contributed by atoms with Gasteiger partial charge in [-0.1, -0.05) is 47.6 Å². The Hall–Kier alpha value is -3.22. The van der Waals surface area contributed by atoms with Crippen molar-refractivity contribution in [3.8, 4) is 0 Å². The van der Waals surface area contributed by atoms with Gasteiger partial charge in [0.05, 0.1) is 10.6 Å². The summed E-state index contributed by atoms with van der Waals surface area (Å²) >= 11 is 7.52. The number of carbonyl (C=O) groups excluding carboxylic acids is 2. The van der Waals surface area contributed by atoms with Crippen LogP contribution in [-0.4, -0.2) is 49.4 Å². The van der Waals surface area contributed by atoms with Gasteiger partial charge >= 0.3 is 0 Å². The van der Waals surface area contributed by atoms with E-state index in [0.717, 1.165) is 22.7 Å². The third kappa shape index (κ3) is 4.88. The van der Waals surface area contributed by atoms with Crippen LogP contribution in [-0.2, 0) is 4.79 Å². The van der Waals surface area contributed by atoms with Crippen molar-refractivity contribution in [2.75, 3.05) is 36.5 Å². The van der Waals surface area contributed by atoms with Crippen LogP contribution < -0.4 is 9.80 Å². The lowest BCUT2D eigenvalue weighted by Crippen LogP contribution is -2.53. The van der Waals surface area contributed by atoms with Gasteiger partial charge in [0.15, 0.2) is 0 Å². The van der Waals surface area contributed by atoms with Crippen molar-refractivity contribution in [1.82, 2.24) is 4.90 Å². The number of thioether (sulfide) groups is 1. The van der Waals surface area contributed by atoms with E-state index in [9.17, 15) is 9.59 Å². The summed E-state index contributed by atoms with van der Waals surface area (Å²) in [6.45, 7) is 6.35. The van der Waals surface area contributed by atoms with Gasteiger partial charge in [-0.15, -0.1) is 0 Å². The number of carbonyl (C=O) groups is 2. The zero-order chi connectivity index (χ0) is 25.4. The summed E-state index contributed by atoms with van der Waals surface area (Å²) in [4.78, 5) is 34.0. The Morgan fingerprint density at radius 2 is 1.86 bits per heavy atom. The summed E-state index contributed by atoms with van der Waals surface area (Å²) in [5.41, 5.74) is 4.66. The largest absolute Gasteiger partial charge is 0.365 e. The first-order valence-electron chi connectivity index (χ1n) is 12.0. The number of anilines is 2. The maximum Gasteiger partial charge on any atom is 0.264 e. The Labute approximate surface area is 221 Å². The highest BCUT2D eigenvalue weighted by molar-refractivity contribution is 8.04. The van der Waals surface area contributed by atoms with Gasteiger partial charge in [0.1, 0.15) is 0 Å². The summed E-state index contributed by atoms with van der Waals surface area (Å²) in [6.07, 6.45) is 1.85. The molecule has 0 N–H and O–H groups in total. The van der Waals surface area contributed by atoms with Crippen LogP contribution in [0.3, 0.4) is 0 Å². The van der Waals surface area contributed by atoms with E-state index in [4.69, 9.17) is 11.6 Å². The second-order valence-corrected chi connectivity index (χ2v) is 10.9. The van der Waals surface area contributed by atoms with E-state index in [0.29, 0.717) is 28.6 Å². The van der Waals surface area contributed by atoms with Gasteiger partial charge in [0, 0.05) is 53.9 Å². The average molecular weight is 518 g/mol. The molecule has 0 aliphatic carbocycles. The monoisotopic (exact) mass is 517 g/mol. The molecule has 0 aromatic heterocycles. The molecule has 2 heterocycles. The minimum atomic E-state index is -0.0996. The molecule has 5 nitrogen and oxygen atoms in total. The second kappa shape index (κ2) is 10.0. The second-order valence-electron chi connectivity index (χ2n) is 9.34. The molecule has 7 heteroatoms. The maximum absolute atomic E-state index is 13.4. The molecular weight excluding hydrogens is 490 g/mol. The lowest BCUT2D eigenvalue weighted by atomic mass is 10.1. The highest BCUT2D eigenvalue weighted by Gasteiger charge is 2.30. The smallest absolute Gasteiger partial charge is 0.264 e. The number of halogens is 1. The van der Waals surface area contributed by atoms with Crippen molar-refractivity contribution >= 4 is 52.6 Å². The summed E-state index contributed by atoms with van der Waals surface area (Å²) < 4.78 is 0. The van der Waals surface area contributed by atoms with Crippen molar-refractivity contribution in [3.05, 3.63) is 93.3 Å². The molecule has 2 aliphatic heterocycles. The van der Waals surface area contributed by atoms with Crippen LogP contribution in [0.4, 0.5) is 11.4 Å². The van der Waals surface area contributed by atoms with Crippen LogP contribution >= 0.6 is 23.4 Å². The van der Waals surface area contributed by atoms with E-state index in [-0.39, 0.29) is 17.9 Å². The Bertz CT molecular complexity index is 1370. The fourth-order valence-electron chi connectivity index (χ4n) is 4.79. The fraction of sp³-hybridized carbons (Fsp3) is 0.241. The van der Waals surface area contributed by atoms with Crippen LogP contribution in [0.15, 0.2) is 76.5 Å². The van der Waals surface area contributed by atoms with Crippen molar-refractivity contribution < 1.29 is 9.59 Å². The molecular formula is C29H28ClN3O2S. The van der Waals surface area contributed by atoms with Crippen LogP contribution in [0.25, 0.3) is 6.08 Å². The maximum atomic E-state index is 13.4. The molecule has 3 aromatic rings. The normalized spacial score (nSPS) is 19.0. The summed E-state index contributed by atoms with van der Waals surface area (Å²) in [7, 11) is 1.75. The standard InChI is InChI=1S/C29H28ClN3O2S/c1-19-6-4-9-24(14-19)33-13-12-32(18-20(33)2)28(34)22-10-11-26-25(17-22)31(3)29(35)27(36-26)16-21-7-5-8-23(30)15-21/h4-11,14-17,20H,12-13,18H2,1-3H3/b27-16-/t20-/m0/s1. The van der Waals surface area contributed by atoms with Crippen LogP contribution in [0, 0.1) is 6.92 Å². The SMILES string of the molecule is Cc1cccc(N2CCN(C(=O)c3ccc4c(c3)N(C)C(=O)/C(=C/c3cccc(Cl)c3)S4)C[C@@H]2C)c1. The van der Waals surface area contributed by atoms with E-state index in [1.54, 1.807) is 11.9 Å². The molecule has 0 saturated carbocycles. The van der Waals surface area contributed by atoms with Crippen molar-refractivity contribution in [3.63, 3.8) is 0 Å². The van der Waals surface area contributed by atoms with Gasteiger partial charge in [-0.2, -0.15) is 0 Å². The molecule has 2 aliphatic rings. The van der Waals surface area contributed by atoms with E-state index >= 15 is 0 Å². The van der Waals surface area contributed by atoms with Crippen molar-refractivity contribution in [1.29, 1.82) is 0 Å². The third-order valence-corrected chi connectivity index (χ3v) is 8.01. The minimum absolute atomic E-state index is 0.000317. The molecule has 0 spiro atoms. The molecule has 3 aromatic carbocycles. The van der Waals surface area contributed by atoms with Gasteiger partial charge < -0.3 is 14.7 Å². The molecule has 2 amide bonds. The predicted octanol–water partition coefficient (Wildman–Crippen LogP) is 6.11. The lowest BCUT2D eigenvalue weighted by molar-refractivity contribution is -0.114. The molecule has 0 radical (unpaired) electrons. The van der Waals surface area contributed by atoms with Gasteiger partial charge in [-0.25, -0.2) is 0 Å². The molecule has 1 fully saturated rings. The van der Waals surface area contributed by atoms with Crippen LogP contribution in [0.5, 0.6) is 0 Å². The van der Waals surface area contributed by atoms with Crippen LogP contribution in [0.1, 0.15) is 28.4 Å². The molecule has 1 atom stereocenters. The molecule has 0 bridgehead atoms. The zero-order valence-corrected chi connectivity index (χ0v) is 22.1. The predicted molar refractivity (Wildman–Crippen MR) is 149 cm³/mol. The number of likely N-dealkylation sites (N-methyl/N-ethyl adjacent to an activating group) is 1. The lowest BCUT2D eigenvalue weighted by Gasteiger charge is -2.41. The Balaban J connectivity index is 1.33. The number of nitrogens with zero attached hydrogens (tertiary/aromatic N) is 3. The number of rotatable bonds is 3. The topological polar surface area (TPSA) is 43.9 Å². The Kier molecular flexibility index (Phi) is 6.82. The third-order valence-electron chi connectivity index (χ3n) is 6.70. The van der Waals surface area contributed by atoms with Crippen molar-refractivity contribution in [2.24, 2.45) is 0 Å². The quantitative estimate of drug-likeness (QED) is 0.393. The first kappa shape index (κ1) is 24.5. The number of piperazine rings is 1. The van der Waals surface area contributed by atoms with Crippen molar-refractivity contribution in [2.45, 2.75) is 24.8 Å². The first-order valence-corrected chi connectivity index (χ1v) is 13.2. The first-order chi connectivity index (χ1) is 17.3. The number of aryl methyl sites for hydroxylation is 1. The van der Waals surface area contributed by atoms with E-state index < -0.39 is 0 Å². The number of amides is 2. The van der Waals surface area contributed by atoms with E-state index in [2.05, 4.69) is 43.0 Å². The van der Waals surface area contributed by atoms with E-state index in [1.807, 2.05) is 53.4 Å². The molecule has 0 unspecified atom stereocenters. The zero-order valence-electron chi connectivity index (χ0n) is 20.6. The van der Waals surface area contributed by atoms with Crippen LogP contribution in [0.2, 0.25) is 5.02 Å². The molecule has 184 valence electrons. The highest BCUT2D eigenvalue weighted by atomic mass is 35.5. The summed E-state index contributed by atoms with van der Waals surface area (Å²) in [6, 6.07) is 21.8. The van der Waals surface area contributed by atoms with Gasteiger partial charge in [-0.3, -0.25) is 9.59 Å². The van der Waals surface area contributed by atoms with Gasteiger partial charge in [-0.05, 0) is 73.5 Å². The summed E-state index contributed by atoms with van der Waals surface area (Å²) in [5.74, 6) is -0.0999. The number of hydrogen-bond donors (Lipinski definition) is 0. The summed E-state index contributed by atoms with van der Waals surface area (Å²) in [5, 5.41) is 0.628. The molecule has 36 heavy (non-hydrogen) atoms. The molecule has 5 rings (SSSR count). The number of benzene rings is 3. The average Bonchev–Trinajstić information content (AvgIpc) is 2.86. The fourth-order valence-corrected chi connectivity index (χ4v) is 6.08. The van der Waals surface area contributed by atoms with E-state index in [1.165, 1.54) is 23.0 Å².